The van der Waals surface area contributed by atoms with E-state index in [1.807, 2.05) is 29.2 Å². The number of hydrogen-bond donors (Lipinski definition) is 0. The summed E-state index contributed by atoms with van der Waals surface area (Å²) in [7, 11) is -1.35. The second-order valence-corrected chi connectivity index (χ2v) is 8.64. The molecule has 0 N–H and O–H groups in total. The fraction of sp³-hybridized carbons (Fsp3) is 0.417. The third-order valence-electron chi connectivity index (χ3n) is 3.40. The molecule has 3 rings (SSSR count). The number of thioether (sulfide) groups is 1. The number of fused-ring (bicyclic) bond motifs is 1. The number of nitrogens with zero attached hydrogens (tertiary/aromatic N) is 1. The molecule has 2 aliphatic heterocycles. The molecule has 1 aromatic rings. The third-order valence-corrected chi connectivity index (χ3v) is 6.99. The number of para-hydroxylation sites is 2. The van der Waals surface area contributed by atoms with Crippen LogP contribution in [0.1, 0.15) is 0 Å². The van der Waals surface area contributed by atoms with Gasteiger partial charge in [-0.25, -0.2) is 8.42 Å². The van der Waals surface area contributed by atoms with Gasteiger partial charge in [0, 0.05) is 5.25 Å². The lowest BCUT2D eigenvalue weighted by atomic mass is 10.2. The summed E-state index contributed by atoms with van der Waals surface area (Å²) < 4.78 is 29.6. The lowest BCUT2D eigenvalue weighted by Gasteiger charge is -2.25. The summed E-state index contributed by atoms with van der Waals surface area (Å²) in [6.07, 6.45) is 0. The zero-order valence-electron chi connectivity index (χ0n) is 10.3. The van der Waals surface area contributed by atoms with E-state index >= 15 is 0 Å². The van der Waals surface area contributed by atoms with E-state index in [4.69, 9.17) is 17.0 Å². The number of anilines is 1. The molecule has 0 aromatic heterocycles. The van der Waals surface area contributed by atoms with Crippen LogP contribution in [0.25, 0.3) is 0 Å². The summed E-state index contributed by atoms with van der Waals surface area (Å²) in [5, 5.41) is 0.0439. The van der Waals surface area contributed by atoms with Crippen LogP contribution < -0.4 is 9.64 Å². The first kappa shape index (κ1) is 13.2. The van der Waals surface area contributed by atoms with Crippen LogP contribution in [0.5, 0.6) is 5.75 Å². The quantitative estimate of drug-likeness (QED) is 0.774. The molecule has 0 saturated carbocycles. The Morgan fingerprint density at radius 1 is 1.37 bits per heavy atom. The van der Waals surface area contributed by atoms with Gasteiger partial charge in [-0.15, -0.1) is 0 Å². The molecule has 4 nitrogen and oxygen atoms in total. The van der Waals surface area contributed by atoms with Gasteiger partial charge in [0.1, 0.15) is 10.1 Å². The van der Waals surface area contributed by atoms with Crippen molar-refractivity contribution in [2.75, 3.05) is 23.5 Å². The third kappa shape index (κ3) is 2.23. The maximum absolute atomic E-state index is 11.8. The molecule has 0 unspecified atom stereocenters. The maximum atomic E-state index is 11.8. The van der Waals surface area contributed by atoms with E-state index in [0.717, 1.165) is 15.8 Å². The molecule has 2 heterocycles. The number of methoxy groups -OCH3 is 1. The summed E-state index contributed by atoms with van der Waals surface area (Å²) in [6.45, 7) is 0. The Kier molecular flexibility index (Phi) is 3.23. The predicted octanol–water partition coefficient (Wildman–Crippen LogP) is 1.70. The first-order chi connectivity index (χ1) is 9.02. The molecule has 2 fully saturated rings. The van der Waals surface area contributed by atoms with Crippen molar-refractivity contribution in [3.63, 3.8) is 0 Å². The van der Waals surface area contributed by atoms with Crippen molar-refractivity contribution in [1.29, 1.82) is 0 Å². The summed E-state index contributed by atoms with van der Waals surface area (Å²) in [5.74, 6) is 1.10. The number of ether oxygens (including phenoxy) is 1. The average Bonchev–Trinajstić information content (AvgIpc) is 2.79. The van der Waals surface area contributed by atoms with Crippen molar-refractivity contribution in [2.24, 2.45) is 0 Å². The Bertz CT molecular complexity index is 629. The van der Waals surface area contributed by atoms with Crippen molar-refractivity contribution in [3.05, 3.63) is 24.3 Å². The van der Waals surface area contributed by atoms with Gasteiger partial charge in [0.05, 0.1) is 30.3 Å². The second kappa shape index (κ2) is 4.64. The van der Waals surface area contributed by atoms with E-state index in [-0.39, 0.29) is 22.8 Å². The molecule has 2 atom stereocenters. The lowest BCUT2D eigenvalue weighted by Crippen LogP contribution is -2.36. The summed E-state index contributed by atoms with van der Waals surface area (Å²) in [6, 6.07) is 7.50. The van der Waals surface area contributed by atoms with E-state index in [0.29, 0.717) is 0 Å². The number of thiocarbonyl (C=S) groups is 1. The van der Waals surface area contributed by atoms with Crippen molar-refractivity contribution < 1.29 is 13.2 Å². The van der Waals surface area contributed by atoms with Crippen LogP contribution in [0.15, 0.2) is 24.3 Å². The fourth-order valence-corrected chi connectivity index (χ4v) is 6.94. The molecule has 2 aliphatic rings. The van der Waals surface area contributed by atoms with Crippen LogP contribution in [0.4, 0.5) is 5.69 Å². The zero-order valence-corrected chi connectivity index (χ0v) is 12.7. The first-order valence-corrected chi connectivity index (χ1v) is 8.96. The molecule has 0 radical (unpaired) electrons. The minimum absolute atomic E-state index is 0.0439. The Labute approximate surface area is 122 Å². The first-order valence-electron chi connectivity index (χ1n) is 5.85. The van der Waals surface area contributed by atoms with Gasteiger partial charge in [-0.2, -0.15) is 0 Å². The minimum Gasteiger partial charge on any atom is -0.495 e. The van der Waals surface area contributed by atoms with Crippen molar-refractivity contribution in [3.8, 4) is 5.75 Å². The van der Waals surface area contributed by atoms with Gasteiger partial charge in [0.15, 0.2) is 9.84 Å². The predicted molar refractivity (Wildman–Crippen MR) is 81.9 cm³/mol. The van der Waals surface area contributed by atoms with Crippen LogP contribution in [0.2, 0.25) is 0 Å². The SMILES string of the molecule is COc1ccccc1N1C(=S)S[C@@H]2CS(=O)(=O)C[C@@H]21. The zero-order chi connectivity index (χ0) is 13.6. The van der Waals surface area contributed by atoms with Crippen LogP contribution in [0, 0.1) is 0 Å². The van der Waals surface area contributed by atoms with Gasteiger partial charge in [-0.3, -0.25) is 0 Å². The molecular formula is C12H13NO3S3. The molecular weight excluding hydrogens is 302 g/mol. The highest BCUT2D eigenvalue weighted by molar-refractivity contribution is 8.24. The number of rotatable bonds is 2. The van der Waals surface area contributed by atoms with Gasteiger partial charge in [0.25, 0.3) is 0 Å². The molecule has 0 aliphatic carbocycles. The Morgan fingerprint density at radius 3 is 2.84 bits per heavy atom. The summed E-state index contributed by atoms with van der Waals surface area (Å²) in [5.41, 5.74) is 0.854. The minimum atomic E-state index is -2.95. The van der Waals surface area contributed by atoms with Gasteiger partial charge in [-0.1, -0.05) is 36.1 Å². The molecule has 102 valence electrons. The van der Waals surface area contributed by atoms with Crippen LogP contribution in [-0.2, 0) is 9.84 Å². The topological polar surface area (TPSA) is 46.6 Å². The highest BCUT2D eigenvalue weighted by atomic mass is 32.2. The summed E-state index contributed by atoms with van der Waals surface area (Å²) >= 11 is 6.88. The van der Waals surface area contributed by atoms with E-state index in [1.165, 1.54) is 11.8 Å². The van der Waals surface area contributed by atoms with Gasteiger partial charge in [0.2, 0.25) is 0 Å². The van der Waals surface area contributed by atoms with Crippen LogP contribution in [-0.4, -0.2) is 42.6 Å². The van der Waals surface area contributed by atoms with Gasteiger partial charge in [-0.05, 0) is 12.1 Å². The second-order valence-electron chi connectivity index (χ2n) is 4.61. The lowest BCUT2D eigenvalue weighted by molar-refractivity contribution is 0.415. The van der Waals surface area contributed by atoms with Crippen molar-refractivity contribution in [2.45, 2.75) is 11.3 Å². The number of sulfone groups is 1. The maximum Gasteiger partial charge on any atom is 0.153 e. The molecule has 0 bridgehead atoms. The molecule has 0 amide bonds. The van der Waals surface area contributed by atoms with E-state index in [1.54, 1.807) is 7.11 Å². The highest BCUT2D eigenvalue weighted by Gasteiger charge is 2.49. The summed E-state index contributed by atoms with van der Waals surface area (Å²) in [4.78, 5) is 1.94. The Balaban J connectivity index is 2.02. The van der Waals surface area contributed by atoms with E-state index in [9.17, 15) is 8.42 Å². The standard InChI is InChI=1S/C12H13NO3S3/c1-16-10-5-3-2-4-8(10)13-9-6-19(14,15)7-11(9)18-12(13)17/h2-5,9,11H,6-7H2,1H3/t9-,11+/m0/s1. The molecule has 1 aromatic carbocycles. The van der Waals surface area contributed by atoms with Crippen LogP contribution >= 0.6 is 24.0 Å². The Morgan fingerprint density at radius 2 is 2.11 bits per heavy atom. The van der Waals surface area contributed by atoms with E-state index < -0.39 is 9.84 Å². The van der Waals surface area contributed by atoms with Crippen molar-refractivity contribution >= 4 is 43.8 Å². The average molecular weight is 315 g/mol. The van der Waals surface area contributed by atoms with E-state index in [2.05, 4.69) is 0 Å². The largest absolute Gasteiger partial charge is 0.495 e. The number of hydrogen-bond acceptors (Lipinski definition) is 5. The molecule has 0 spiro atoms. The number of benzene rings is 1. The van der Waals surface area contributed by atoms with Gasteiger partial charge < -0.3 is 9.64 Å². The molecule has 2 saturated heterocycles. The molecule has 7 heteroatoms. The molecule has 19 heavy (non-hydrogen) atoms. The Hall–Kier alpha value is -0.790. The smallest absolute Gasteiger partial charge is 0.153 e. The van der Waals surface area contributed by atoms with Gasteiger partial charge >= 0.3 is 0 Å². The normalized spacial score (nSPS) is 28.5. The van der Waals surface area contributed by atoms with Crippen LogP contribution in [0.3, 0.4) is 0 Å². The highest BCUT2D eigenvalue weighted by Crippen LogP contribution is 2.43. The monoisotopic (exact) mass is 315 g/mol. The fourth-order valence-electron chi connectivity index (χ4n) is 2.58. The van der Waals surface area contributed by atoms with Crippen molar-refractivity contribution in [1.82, 2.24) is 0 Å².